The second-order valence-electron chi connectivity index (χ2n) is 7.93. The predicted molar refractivity (Wildman–Crippen MR) is 109 cm³/mol. The summed E-state index contributed by atoms with van der Waals surface area (Å²) in [6.07, 6.45) is -0.958. The molecular weight excluding hydrogens is 449 g/mol. The van der Waals surface area contributed by atoms with Gasteiger partial charge in [-0.25, -0.2) is 8.42 Å². The minimum atomic E-state index is -4.96. The van der Waals surface area contributed by atoms with Crippen molar-refractivity contribution in [1.29, 1.82) is 0 Å². The molecule has 4 rings (SSSR count). The number of alkyl halides is 3. The average molecular weight is 468 g/mol. The van der Waals surface area contributed by atoms with Crippen LogP contribution >= 0.6 is 0 Å². The third-order valence-corrected chi connectivity index (χ3v) is 8.04. The zero-order chi connectivity index (χ0) is 23.4. The van der Waals surface area contributed by atoms with Gasteiger partial charge in [-0.3, -0.25) is 9.59 Å². The summed E-state index contributed by atoms with van der Waals surface area (Å²) >= 11 is 0. The SMILES string of the molecule is CC1=C2C=CC(=O)C=C2N(c2ccc(S(=O)(=O)[C@H]3CN[C@H](C(=O)O)C3)c(C(F)(F)F)c2)C1. The van der Waals surface area contributed by atoms with Crippen molar-refractivity contribution in [2.24, 2.45) is 0 Å². The van der Waals surface area contributed by atoms with Crippen molar-refractivity contribution in [2.75, 3.05) is 18.0 Å². The van der Waals surface area contributed by atoms with Crippen LogP contribution in [0.25, 0.3) is 0 Å². The molecule has 1 saturated heterocycles. The van der Waals surface area contributed by atoms with E-state index in [0.29, 0.717) is 5.70 Å². The Morgan fingerprint density at radius 3 is 2.59 bits per heavy atom. The average Bonchev–Trinajstić information content (AvgIpc) is 3.33. The molecule has 11 heteroatoms. The number of rotatable bonds is 4. The van der Waals surface area contributed by atoms with E-state index in [2.05, 4.69) is 5.32 Å². The van der Waals surface area contributed by atoms with Gasteiger partial charge in [0.25, 0.3) is 0 Å². The number of allylic oxidation sites excluding steroid dienone is 3. The monoisotopic (exact) mass is 468 g/mol. The molecule has 0 amide bonds. The Kier molecular flexibility index (Phi) is 5.29. The number of nitrogens with zero attached hydrogens (tertiary/aromatic N) is 1. The number of fused-ring (bicyclic) bond motifs is 1. The fourth-order valence-electron chi connectivity index (χ4n) is 4.20. The van der Waals surface area contributed by atoms with Gasteiger partial charge in [-0.2, -0.15) is 13.2 Å². The molecule has 32 heavy (non-hydrogen) atoms. The number of anilines is 1. The van der Waals surface area contributed by atoms with Crippen LogP contribution in [-0.2, 0) is 25.6 Å². The molecule has 2 heterocycles. The molecule has 170 valence electrons. The number of carboxylic acids is 1. The number of carboxylic acid groups (broad SMARTS) is 1. The van der Waals surface area contributed by atoms with Crippen molar-refractivity contribution in [3.8, 4) is 0 Å². The number of hydrogen-bond donors (Lipinski definition) is 2. The van der Waals surface area contributed by atoms with Gasteiger partial charge in [0.05, 0.1) is 21.4 Å². The third kappa shape index (κ3) is 3.75. The first-order chi connectivity index (χ1) is 14.9. The van der Waals surface area contributed by atoms with E-state index in [1.165, 1.54) is 23.1 Å². The van der Waals surface area contributed by atoms with Gasteiger partial charge in [-0.05, 0) is 54.8 Å². The maximum Gasteiger partial charge on any atom is 0.417 e. The highest BCUT2D eigenvalue weighted by Gasteiger charge is 2.44. The smallest absolute Gasteiger partial charge is 0.417 e. The van der Waals surface area contributed by atoms with Gasteiger partial charge in [0.2, 0.25) is 0 Å². The Hall–Kier alpha value is -2.92. The highest BCUT2D eigenvalue weighted by molar-refractivity contribution is 7.92. The maximum atomic E-state index is 13.9. The number of ketones is 1. The van der Waals surface area contributed by atoms with Crippen LogP contribution in [0.15, 0.2) is 58.2 Å². The lowest BCUT2D eigenvalue weighted by Gasteiger charge is -2.25. The molecule has 0 aromatic heterocycles. The Morgan fingerprint density at radius 2 is 1.97 bits per heavy atom. The summed E-state index contributed by atoms with van der Waals surface area (Å²) in [5, 5.41) is 10.3. The summed E-state index contributed by atoms with van der Waals surface area (Å²) < 4.78 is 67.8. The first kappa shape index (κ1) is 22.3. The highest BCUT2D eigenvalue weighted by Crippen LogP contribution is 2.41. The van der Waals surface area contributed by atoms with Gasteiger partial charge >= 0.3 is 12.1 Å². The lowest BCUT2D eigenvalue weighted by Crippen LogP contribution is -2.30. The molecule has 0 saturated carbocycles. The summed E-state index contributed by atoms with van der Waals surface area (Å²) in [7, 11) is -4.46. The van der Waals surface area contributed by atoms with Gasteiger partial charge < -0.3 is 15.3 Å². The lowest BCUT2D eigenvalue weighted by molar-refractivity contribution is -0.140. The van der Waals surface area contributed by atoms with Crippen LogP contribution in [0.1, 0.15) is 18.9 Å². The molecule has 1 aliphatic carbocycles. The minimum Gasteiger partial charge on any atom is -0.480 e. The van der Waals surface area contributed by atoms with Crippen molar-refractivity contribution in [3.63, 3.8) is 0 Å². The molecule has 0 bridgehead atoms. The largest absolute Gasteiger partial charge is 0.480 e. The molecule has 2 aliphatic heterocycles. The zero-order valence-corrected chi connectivity index (χ0v) is 17.6. The zero-order valence-electron chi connectivity index (χ0n) is 16.8. The van der Waals surface area contributed by atoms with Gasteiger partial charge in [-0.1, -0.05) is 0 Å². The molecule has 0 spiro atoms. The highest BCUT2D eigenvalue weighted by atomic mass is 32.2. The van der Waals surface area contributed by atoms with Gasteiger partial charge in [0, 0.05) is 24.9 Å². The molecular formula is C21H19F3N2O5S. The number of sulfone groups is 1. The fourth-order valence-corrected chi connectivity index (χ4v) is 6.06. The van der Waals surface area contributed by atoms with Crippen molar-refractivity contribution >= 4 is 27.3 Å². The second-order valence-corrected chi connectivity index (χ2v) is 10.1. The standard InChI is InChI=1S/C21H19F3N2O5S/c1-11-10-26(18-7-13(27)3-4-15(11)18)12-2-5-19(16(6-12)21(22,23)24)32(30,31)14-8-17(20(28)29)25-9-14/h2-7,14,17,25H,8-10H2,1H3,(H,28,29)/t14-,17+/m1/s1. The van der Waals surface area contributed by atoms with Crippen LogP contribution in [0, 0.1) is 0 Å². The predicted octanol–water partition coefficient (Wildman–Crippen LogP) is 2.45. The van der Waals surface area contributed by atoms with E-state index in [-0.39, 0.29) is 31.0 Å². The summed E-state index contributed by atoms with van der Waals surface area (Å²) in [5.41, 5.74) is 0.850. The normalized spacial score (nSPS) is 23.6. The van der Waals surface area contributed by atoms with Crippen LogP contribution in [0.3, 0.4) is 0 Å². The maximum absolute atomic E-state index is 13.9. The number of halogens is 3. The minimum absolute atomic E-state index is 0.105. The molecule has 0 unspecified atom stereocenters. The number of benzene rings is 1. The van der Waals surface area contributed by atoms with Crippen molar-refractivity contribution in [1.82, 2.24) is 5.32 Å². The Labute approximate surface area is 181 Å². The summed E-state index contributed by atoms with van der Waals surface area (Å²) in [6, 6.07) is 1.82. The first-order valence-electron chi connectivity index (χ1n) is 9.72. The van der Waals surface area contributed by atoms with Crippen molar-refractivity contribution in [3.05, 3.63) is 58.8 Å². The van der Waals surface area contributed by atoms with Crippen LogP contribution in [0.5, 0.6) is 0 Å². The van der Waals surface area contributed by atoms with Gasteiger partial charge in [0.15, 0.2) is 15.6 Å². The van der Waals surface area contributed by atoms with Gasteiger partial charge in [-0.15, -0.1) is 0 Å². The molecule has 2 atom stereocenters. The lowest BCUT2D eigenvalue weighted by atomic mass is 10.0. The summed E-state index contributed by atoms with van der Waals surface area (Å²) in [4.78, 5) is 23.6. The molecule has 1 aromatic rings. The Bertz CT molecular complexity index is 1210. The second kappa shape index (κ2) is 7.59. The van der Waals surface area contributed by atoms with Crippen molar-refractivity contribution in [2.45, 2.75) is 35.7 Å². The number of nitrogens with one attached hydrogen (secondary N) is 1. The Morgan fingerprint density at radius 1 is 1.25 bits per heavy atom. The summed E-state index contributed by atoms with van der Waals surface area (Å²) in [6.45, 7) is 1.81. The Balaban J connectivity index is 1.75. The van der Waals surface area contributed by atoms with E-state index < -0.39 is 43.7 Å². The van der Waals surface area contributed by atoms with Crippen molar-refractivity contribution < 1.29 is 36.3 Å². The number of aliphatic carboxylic acids is 1. The van der Waals surface area contributed by atoms with E-state index in [1.54, 1.807) is 13.0 Å². The topological polar surface area (TPSA) is 104 Å². The molecule has 2 N–H and O–H groups in total. The van der Waals surface area contributed by atoms with Gasteiger partial charge in [0.1, 0.15) is 6.04 Å². The van der Waals surface area contributed by atoms with Crippen LogP contribution < -0.4 is 10.2 Å². The molecule has 1 aromatic carbocycles. The van der Waals surface area contributed by atoms with E-state index in [0.717, 1.165) is 23.3 Å². The molecule has 0 radical (unpaired) electrons. The number of hydrogen-bond acceptors (Lipinski definition) is 6. The van der Waals surface area contributed by atoms with E-state index >= 15 is 0 Å². The third-order valence-electron chi connectivity index (χ3n) is 5.83. The summed E-state index contributed by atoms with van der Waals surface area (Å²) in [5.74, 6) is -1.55. The van der Waals surface area contributed by atoms with Crippen LogP contribution in [-0.4, -0.2) is 49.7 Å². The molecule has 3 aliphatic rings. The van der Waals surface area contributed by atoms with Crippen LogP contribution in [0.2, 0.25) is 0 Å². The fraction of sp³-hybridized carbons (Fsp3) is 0.333. The van der Waals surface area contributed by atoms with E-state index in [9.17, 15) is 31.2 Å². The van der Waals surface area contributed by atoms with E-state index in [4.69, 9.17) is 5.11 Å². The molecule has 7 nitrogen and oxygen atoms in total. The quantitative estimate of drug-likeness (QED) is 0.700. The number of carbonyl (C=O) groups is 2. The first-order valence-corrected chi connectivity index (χ1v) is 11.3. The van der Waals surface area contributed by atoms with E-state index in [1.807, 2.05) is 0 Å². The number of carbonyl (C=O) groups excluding carboxylic acids is 1. The molecule has 1 fully saturated rings. The van der Waals surface area contributed by atoms with Crippen LogP contribution in [0.4, 0.5) is 18.9 Å².